The molecule has 0 N–H and O–H groups in total. The second-order valence-electron chi connectivity index (χ2n) is 7.91. The number of nitrogens with zero attached hydrogens (tertiary/aromatic N) is 2. The van der Waals surface area contributed by atoms with Gasteiger partial charge >= 0.3 is 0 Å². The van der Waals surface area contributed by atoms with Crippen LogP contribution >= 0.6 is 0 Å². The zero-order valence-electron chi connectivity index (χ0n) is 15.3. The number of hydrogen-bond acceptors (Lipinski definition) is 1. The van der Waals surface area contributed by atoms with Gasteiger partial charge in [-0.1, -0.05) is 45.0 Å². The highest BCUT2D eigenvalue weighted by Gasteiger charge is 2.22. The third-order valence-corrected chi connectivity index (χ3v) is 5.08. The van der Waals surface area contributed by atoms with Crippen LogP contribution in [0.4, 0.5) is 0 Å². The molecule has 0 fully saturated rings. The topological polar surface area (TPSA) is 25.2 Å². The van der Waals surface area contributed by atoms with E-state index in [-0.39, 0.29) is 11.3 Å². The third-order valence-electron chi connectivity index (χ3n) is 5.08. The molecule has 3 rings (SSSR count). The van der Waals surface area contributed by atoms with E-state index in [1.165, 1.54) is 22.4 Å². The Morgan fingerprint density at radius 1 is 1.12 bits per heavy atom. The molecular weight excluding hydrogens is 296 g/mol. The Labute approximate surface area is 145 Å². The molecule has 0 unspecified atom stereocenters. The number of benzene rings is 1. The van der Waals surface area contributed by atoms with Gasteiger partial charge in [0.1, 0.15) is 0 Å². The minimum absolute atomic E-state index is 0.176. The molecule has 0 atom stereocenters. The molecule has 24 heavy (non-hydrogen) atoms. The van der Waals surface area contributed by atoms with Crippen LogP contribution in [0.15, 0.2) is 36.5 Å². The molecule has 3 nitrogen and oxygen atoms in total. The van der Waals surface area contributed by atoms with Gasteiger partial charge in [-0.15, -0.1) is 0 Å². The summed E-state index contributed by atoms with van der Waals surface area (Å²) in [6, 6.07) is 10.9. The molecule has 0 bridgehead atoms. The molecule has 2 heterocycles. The lowest BCUT2D eigenvalue weighted by atomic mass is 9.86. The van der Waals surface area contributed by atoms with Crippen LogP contribution in [0, 0.1) is 0 Å². The first-order valence-corrected chi connectivity index (χ1v) is 8.85. The van der Waals surface area contributed by atoms with E-state index in [9.17, 15) is 4.79 Å². The van der Waals surface area contributed by atoms with Crippen molar-refractivity contribution in [1.82, 2.24) is 9.47 Å². The molecule has 1 aromatic carbocycles. The average Bonchev–Trinajstić information content (AvgIpc) is 2.93. The highest BCUT2D eigenvalue weighted by Crippen LogP contribution is 2.23. The van der Waals surface area contributed by atoms with Gasteiger partial charge in [0, 0.05) is 44.9 Å². The summed E-state index contributed by atoms with van der Waals surface area (Å²) in [7, 11) is 2.08. The molecule has 1 aliphatic rings. The Morgan fingerprint density at radius 3 is 2.50 bits per heavy atom. The highest BCUT2D eigenvalue weighted by atomic mass is 16.2. The summed E-state index contributed by atoms with van der Waals surface area (Å²) in [6.07, 6.45) is 4.47. The van der Waals surface area contributed by atoms with E-state index >= 15 is 0 Å². The first-order chi connectivity index (χ1) is 11.3. The summed E-state index contributed by atoms with van der Waals surface area (Å²) in [5.41, 5.74) is 5.43. The van der Waals surface area contributed by atoms with Gasteiger partial charge in [0.15, 0.2) is 0 Å². The molecule has 2 aromatic rings. The number of carbonyl (C=O) groups is 1. The summed E-state index contributed by atoms with van der Waals surface area (Å²) in [5, 5.41) is 0. The fourth-order valence-corrected chi connectivity index (χ4v) is 3.41. The van der Waals surface area contributed by atoms with Gasteiger partial charge in [0.25, 0.3) is 0 Å². The Hall–Kier alpha value is -2.03. The molecule has 128 valence electrons. The molecule has 1 aliphatic heterocycles. The van der Waals surface area contributed by atoms with Crippen LogP contribution in [0.2, 0.25) is 0 Å². The lowest BCUT2D eigenvalue weighted by molar-refractivity contribution is -0.132. The van der Waals surface area contributed by atoms with Gasteiger partial charge in [-0.2, -0.15) is 0 Å². The van der Waals surface area contributed by atoms with Crippen molar-refractivity contribution < 1.29 is 4.79 Å². The molecule has 1 aromatic heterocycles. The minimum atomic E-state index is 0.176. The second-order valence-corrected chi connectivity index (χ2v) is 7.91. The summed E-state index contributed by atoms with van der Waals surface area (Å²) < 4.78 is 2.17. The third kappa shape index (κ3) is 3.55. The lowest BCUT2D eigenvalue weighted by Crippen LogP contribution is -2.36. The van der Waals surface area contributed by atoms with Crippen molar-refractivity contribution in [2.45, 2.75) is 52.0 Å². The monoisotopic (exact) mass is 324 g/mol. The average molecular weight is 324 g/mol. The van der Waals surface area contributed by atoms with Crippen LogP contribution < -0.4 is 0 Å². The summed E-state index contributed by atoms with van der Waals surface area (Å²) in [5.74, 6) is 0.268. The van der Waals surface area contributed by atoms with Crippen LogP contribution in [0.25, 0.3) is 0 Å². The fraction of sp³-hybridized carbons (Fsp3) is 0.476. The van der Waals surface area contributed by atoms with Crippen LogP contribution in [-0.4, -0.2) is 21.9 Å². The predicted octanol–water partition coefficient (Wildman–Crippen LogP) is 3.84. The van der Waals surface area contributed by atoms with Crippen LogP contribution in [-0.2, 0) is 36.6 Å². The van der Waals surface area contributed by atoms with E-state index < -0.39 is 0 Å². The predicted molar refractivity (Wildman–Crippen MR) is 98.0 cm³/mol. The van der Waals surface area contributed by atoms with Crippen molar-refractivity contribution in [1.29, 1.82) is 0 Å². The Kier molecular flexibility index (Phi) is 4.53. The molecule has 0 spiro atoms. The van der Waals surface area contributed by atoms with Crippen LogP contribution in [0.5, 0.6) is 0 Å². The van der Waals surface area contributed by atoms with Gasteiger partial charge in [0.2, 0.25) is 5.91 Å². The normalized spacial score (nSPS) is 14.6. The van der Waals surface area contributed by atoms with Gasteiger partial charge in [-0.05, 0) is 34.6 Å². The van der Waals surface area contributed by atoms with Crippen molar-refractivity contribution in [2.24, 2.45) is 7.05 Å². The maximum absolute atomic E-state index is 12.5. The van der Waals surface area contributed by atoms with E-state index in [0.717, 1.165) is 25.9 Å². The minimum Gasteiger partial charge on any atom is -0.354 e. The number of fused-ring (bicyclic) bond motifs is 1. The van der Waals surface area contributed by atoms with Gasteiger partial charge in [-0.25, -0.2) is 0 Å². The highest BCUT2D eigenvalue weighted by molar-refractivity contribution is 5.76. The molecule has 0 saturated heterocycles. The van der Waals surface area contributed by atoms with E-state index in [2.05, 4.69) is 68.9 Å². The van der Waals surface area contributed by atoms with Crippen molar-refractivity contribution in [3.63, 3.8) is 0 Å². The fourth-order valence-electron chi connectivity index (χ4n) is 3.41. The SMILES string of the molecule is Cn1ccc2c1CCN(C(=O)CCc1ccc(C(C)(C)C)cc1)C2. The number of carbonyl (C=O) groups excluding carboxylic acids is 1. The zero-order chi connectivity index (χ0) is 17.3. The quantitative estimate of drug-likeness (QED) is 0.842. The van der Waals surface area contributed by atoms with Gasteiger partial charge < -0.3 is 9.47 Å². The smallest absolute Gasteiger partial charge is 0.223 e. The first-order valence-electron chi connectivity index (χ1n) is 8.85. The Bertz CT molecular complexity index is 719. The molecule has 1 amide bonds. The van der Waals surface area contributed by atoms with E-state index in [1.807, 2.05) is 4.90 Å². The zero-order valence-corrected chi connectivity index (χ0v) is 15.3. The molecule has 0 saturated carbocycles. The molecule has 0 radical (unpaired) electrons. The van der Waals surface area contributed by atoms with E-state index in [0.29, 0.717) is 6.42 Å². The van der Waals surface area contributed by atoms with Gasteiger partial charge in [-0.3, -0.25) is 4.79 Å². The maximum atomic E-state index is 12.5. The van der Waals surface area contributed by atoms with Crippen molar-refractivity contribution >= 4 is 5.91 Å². The van der Waals surface area contributed by atoms with E-state index in [1.54, 1.807) is 0 Å². The van der Waals surface area contributed by atoms with Gasteiger partial charge in [0.05, 0.1) is 0 Å². The standard InChI is InChI=1S/C21H28N2O/c1-21(2,3)18-8-5-16(6-9-18)7-10-20(24)23-14-12-19-17(15-23)11-13-22(19)4/h5-6,8-9,11,13H,7,10,12,14-15H2,1-4H3. The Balaban J connectivity index is 1.56. The molecule has 3 heteroatoms. The Morgan fingerprint density at radius 2 is 1.83 bits per heavy atom. The number of rotatable bonds is 3. The lowest BCUT2D eigenvalue weighted by Gasteiger charge is -2.28. The van der Waals surface area contributed by atoms with Crippen LogP contribution in [0.3, 0.4) is 0 Å². The van der Waals surface area contributed by atoms with E-state index in [4.69, 9.17) is 0 Å². The maximum Gasteiger partial charge on any atom is 0.223 e. The second kappa shape index (κ2) is 6.46. The largest absolute Gasteiger partial charge is 0.354 e. The first kappa shape index (κ1) is 16.8. The number of aromatic nitrogens is 1. The summed E-state index contributed by atoms with van der Waals surface area (Å²) in [6.45, 7) is 8.27. The van der Waals surface area contributed by atoms with Crippen molar-refractivity contribution in [3.05, 3.63) is 58.9 Å². The molecule has 0 aliphatic carbocycles. The van der Waals surface area contributed by atoms with Crippen LogP contribution in [0.1, 0.15) is 49.6 Å². The molecular formula is C21H28N2O. The van der Waals surface area contributed by atoms with Crippen molar-refractivity contribution in [2.75, 3.05) is 6.54 Å². The van der Waals surface area contributed by atoms with Crippen molar-refractivity contribution in [3.8, 4) is 0 Å². The number of amides is 1. The number of aryl methyl sites for hydroxylation is 2. The number of hydrogen-bond donors (Lipinski definition) is 0. The summed E-state index contributed by atoms with van der Waals surface area (Å²) in [4.78, 5) is 14.5. The summed E-state index contributed by atoms with van der Waals surface area (Å²) >= 11 is 0.